The van der Waals surface area contributed by atoms with Gasteiger partial charge in [-0.2, -0.15) is 0 Å². The fourth-order valence-corrected chi connectivity index (χ4v) is 2.47. The van der Waals surface area contributed by atoms with Gasteiger partial charge in [0.05, 0.1) is 0 Å². The summed E-state index contributed by atoms with van der Waals surface area (Å²) in [6, 6.07) is 17.7. The van der Waals surface area contributed by atoms with Gasteiger partial charge in [-0.25, -0.2) is 0 Å². The molecule has 0 aliphatic heterocycles. The molecule has 4 heteroatoms. The highest BCUT2D eigenvalue weighted by molar-refractivity contribution is 5.98. The number of rotatable bonds is 4. The summed E-state index contributed by atoms with van der Waals surface area (Å²) in [5.41, 5.74) is 2.30. The molecule has 4 nitrogen and oxygen atoms in total. The lowest BCUT2D eigenvalue weighted by Crippen LogP contribution is -2.40. The molecule has 1 aromatic heterocycles. The summed E-state index contributed by atoms with van der Waals surface area (Å²) in [5, 5.41) is 3.94. The predicted molar refractivity (Wildman–Crippen MR) is 96.3 cm³/mol. The van der Waals surface area contributed by atoms with Crippen molar-refractivity contribution < 1.29 is 9.53 Å². The Morgan fingerprint density at radius 2 is 1.83 bits per heavy atom. The quantitative estimate of drug-likeness (QED) is 0.753. The van der Waals surface area contributed by atoms with Crippen LogP contribution in [0.5, 0.6) is 5.75 Å². The van der Waals surface area contributed by atoms with E-state index in [0.29, 0.717) is 12.3 Å². The Morgan fingerprint density at radius 1 is 1.08 bits per heavy atom. The molecule has 24 heavy (non-hydrogen) atoms. The van der Waals surface area contributed by atoms with Gasteiger partial charge in [-0.05, 0) is 44.5 Å². The molecule has 0 aliphatic carbocycles. The second-order valence-corrected chi connectivity index (χ2v) is 6.91. The largest absolute Gasteiger partial charge is 0.489 e. The smallest absolute Gasteiger partial charge is 0.268 e. The Balaban J connectivity index is 1.75. The highest BCUT2D eigenvalue weighted by Gasteiger charge is 2.17. The topological polar surface area (TPSA) is 54.1 Å². The molecule has 3 aromatic rings. The van der Waals surface area contributed by atoms with Crippen molar-refractivity contribution in [2.45, 2.75) is 32.9 Å². The Kier molecular flexibility index (Phi) is 4.30. The number of aromatic nitrogens is 1. The molecule has 124 valence electrons. The lowest BCUT2D eigenvalue weighted by atomic mass is 10.1. The first-order valence-electron chi connectivity index (χ1n) is 8.03. The molecule has 0 unspecified atom stereocenters. The van der Waals surface area contributed by atoms with E-state index in [-0.39, 0.29) is 11.4 Å². The number of hydrogen-bond donors (Lipinski definition) is 2. The molecule has 3 rings (SSSR count). The van der Waals surface area contributed by atoms with Gasteiger partial charge < -0.3 is 15.0 Å². The summed E-state index contributed by atoms with van der Waals surface area (Å²) in [5.74, 6) is 0.668. The van der Waals surface area contributed by atoms with Gasteiger partial charge in [0.25, 0.3) is 5.91 Å². The zero-order valence-corrected chi connectivity index (χ0v) is 14.2. The molecular formula is C20H22N2O2. The summed E-state index contributed by atoms with van der Waals surface area (Å²) >= 11 is 0. The number of carbonyl (C=O) groups is 1. The molecule has 0 radical (unpaired) electrons. The normalized spacial score (nSPS) is 11.5. The lowest BCUT2D eigenvalue weighted by molar-refractivity contribution is 0.0915. The monoisotopic (exact) mass is 322 g/mol. The number of amides is 1. The first-order valence-corrected chi connectivity index (χ1v) is 8.03. The van der Waals surface area contributed by atoms with Gasteiger partial charge in [0.2, 0.25) is 0 Å². The van der Waals surface area contributed by atoms with E-state index in [1.54, 1.807) is 0 Å². The Bertz CT molecular complexity index is 845. The van der Waals surface area contributed by atoms with Gasteiger partial charge in [-0.1, -0.05) is 30.3 Å². The Labute approximate surface area is 141 Å². The van der Waals surface area contributed by atoms with Crippen molar-refractivity contribution in [2.24, 2.45) is 0 Å². The van der Waals surface area contributed by atoms with Gasteiger partial charge in [0.15, 0.2) is 0 Å². The van der Waals surface area contributed by atoms with Crippen LogP contribution in [-0.4, -0.2) is 16.4 Å². The van der Waals surface area contributed by atoms with Crippen LogP contribution in [0.3, 0.4) is 0 Å². The molecule has 0 aliphatic rings. The molecule has 1 amide bonds. The fraction of sp³-hybridized carbons (Fsp3) is 0.250. The number of fused-ring (bicyclic) bond motifs is 1. The van der Waals surface area contributed by atoms with Crippen molar-refractivity contribution in [2.75, 3.05) is 0 Å². The van der Waals surface area contributed by atoms with Gasteiger partial charge in [-0.15, -0.1) is 0 Å². The summed E-state index contributed by atoms with van der Waals surface area (Å²) in [6.45, 7) is 6.40. The van der Waals surface area contributed by atoms with Gasteiger partial charge in [0.1, 0.15) is 18.1 Å². The zero-order valence-electron chi connectivity index (χ0n) is 14.2. The highest BCUT2D eigenvalue weighted by Crippen LogP contribution is 2.22. The number of benzene rings is 2. The van der Waals surface area contributed by atoms with Gasteiger partial charge in [0, 0.05) is 22.5 Å². The van der Waals surface area contributed by atoms with Gasteiger partial charge in [-0.3, -0.25) is 4.79 Å². The second-order valence-electron chi connectivity index (χ2n) is 6.91. The Hall–Kier alpha value is -2.75. The molecule has 0 bridgehead atoms. The minimum atomic E-state index is -0.266. The number of ether oxygens (including phenoxy) is 1. The van der Waals surface area contributed by atoms with Crippen molar-refractivity contribution in [1.29, 1.82) is 0 Å². The maximum atomic E-state index is 12.3. The molecule has 1 heterocycles. The summed E-state index contributed by atoms with van der Waals surface area (Å²) in [4.78, 5) is 15.4. The number of aromatic amines is 1. The molecular weight excluding hydrogens is 300 g/mol. The number of carbonyl (C=O) groups excluding carboxylic acids is 1. The fourth-order valence-electron chi connectivity index (χ4n) is 2.47. The summed E-state index contributed by atoms with van der Waals surface area (Å²) < 4.78 is 5.83. The molecule has 0 saturated heterocycles. The van der Waals surface area contributed by atoms with Crippen LogP contribution >= 0.6 is 0 Å². The van der Waals surface area contributed by atoms with Crippen molar-refractivity contribution in [3.05, 3.63) is 65.9 Å². The van der Waals surface area contributed by atoms with E-state index in [9.17, 15) is 4.79 Å². The zero-order chi connectivity index (χ0) is 17.2. The van der Waals surface area contributed by atoms with Crippen LogP contribution < -0.4 is 10.1 Å². The molecule has 2 N–H and O–H groups in total. The van der Waals surface area contributed by atoms with Crippen LogP contribution in [0.1, 0.15) is 36.8 Å². The van der Waals surface area contributed by atoms with Crippen LogP contribution in [0.4, 0.5) is 0 Å². The maximum absolute atomic E-state index is 12.3. The lowest BCUT2D eigenvalue weighted by Gasteiger charge is -2.19. The molecule has 0 saturated carbocycles. The standard InChI is InChI=1S/C20H22N2O2/c1-20(2,3)22-19(23)18-11-15-9-10-16(12-17(15)21-18)24-13-14-7-5-4-6-8-14/h4-12,21H,13H2,1-3H3,(H,22,23). The average molecular weight is 322 g/mol. The van der Waals surface area contributed by atoms with Crippen molar-refractivity contribution in [1.82, 2.24) is 10.3 Å². The minimum absolute atomic E-state index is 0.106. The second kappa shape index (κ2) is 6.40. The molecule has 0 fully saturated rings. The maximum Gasteiger partial charge on any atom is 0.268 e. The van der Waals surface area contributed by atoms with E-state index >= 15 is 0 Å². The van der Waals surface area contributed by atoms with Crippen LogP contribution in [0.25, 0.3) is 10.9 Å². The first kappa shape index (κ1) is 16.1. The van der Waals surface area contributed by atoms with E-state index in [1.807, 2.05) is 75.4 Å². The van der Waals surface area contributed by atoms with E-state index in [1.165, 1.54) is 0 Å². The van der Waals surface area contributed by atoms with Crippen molar-refractivity contribution >= 4 is 16.8 Å². The number of nitrogens with one attached hydrogen (secondary N) is 2. The number of hydrogen-bond acceptors (Lipinski definition) is 2. The van der Waals surface area contributed by atoms with Crippen LogP contribution in [0.2, 0.25) is 0 Å². The van der Waals surface area contributed by atoms with Crippen LogP contribution in [0, 0.1) is 0 Å². The third-order valence-corrected chi connectivity index (χ3v) is 3.58. The SMILES string of the molecule is CC(C)(C)NC(=O)c1cc2ccc(OCc3ccccc3)cc2[nH]1. The van der Waals surface area contributed by atoms with E-state index in [0.717, 1.165) is 22.2 Å². The third kappa shape index (κ3) is 3.96. The van der Waals surface area contributed by atoms with Crippen LogP contribution in [0.15, 0.2) is 54.6 Å². The first-order chi connectivity index (χ1) is 11.4. The highest BCUT2D eigenvalue weighted by atomic mass is 16.5. The van der Waals surface area contributed by atoms with E-state index < -0.39 is 0 Å². The van der Waals surface area contributed by atoms with Crippen molar-refractivity contribution in [3.63, 3.8) is 0 Å². The molecule has 0 atom stereocenters. The average Bonchev–Trinajstić information content (AvgIpc) is 2.96. The summed E-state index contributed by atoms with van der Waals surface area (Å²) in [6.07, 6.45) is 0. The molecule has 2 aromatic carbocycles. The molecule has 0 spiro atoms. The van der Waals surface area contributed by atoms with Crippen molar-refractivity contribution in [3.8, 4) is 5.75 Å². The van der Waals surface area contributed by atoms with E-state index in [2.05, 4.69) is 10.3 Å². The van der Waals surface area contributed by atoms with Gasteiger partial charge >= 0.3 is 0 Å². The third-order valence-electron chi connectivity index (χ3n) is 3.58. The minimum Gasteiger partial charge on any atom is -0.489 e. The number of H-pyrrole nitrogens is 1. The van der Waals surface area contributed by atoms with Crippen LogP contribution in [-0.2, 0) is 6.61 Å². The van der Waals surface area contributed by atoms with E-state index in [4.69, 9.17) is 4.74 Å². The predicted octanol–water partition coefficient (Wildman–Crippen LogP) is 4.28. The summed E-state index contributed by atoms with van der Waals surface area (Å²) in [7, 11) is 0. The Morgan fingerprint density at radius 3 is 2.54 bits per heavy atom.